The van der Waals surface area contributed by atoms with Gasteiger partial charge in [0.1, 0.15) is 5.75 Å². The van der Waals surface area contributed by atoms with Crippen LogP contribution in [-0.2, 0) is 6.42 Å². The van der Waals surface area contributed by atoms with Crippen molar-refractivity contribution in [3.63, 3.8) is 0 Å². The molecule has 0 aliphatic heterocycles. The van der Waals surface area contributed by atoms with E-state index in [1.54, 1.807) is 7.11 Å². The third-order valence-electron chi connectivity index (χ3n) is 3.45. The molecule has 2 aromatic rings. The maximum Gasteiger partial charge on any atom is 0.118 e. The van der Waals surface area contributed by atoms with Crippen LogP contribution in [-0.4, -0.2) is 7.11 Å². The lowest BCUT2D eigenvalue weighted by atomic mass is 9.91. The topological polar surface area (TPSA) is 9.23 Å². The van der Waals surface area contributed by atoms with Gasteiger partial charge in [-0.25, -0.2) is 0 Å². The summed E-state index contributed by atoms with van der Waals surface area (Å²) in [5.74, 6) is 1.35. The molecule has 0 unspecified atom stereocenters. The summed E-state index contributed by atoms with van der Waals surface area (Å²) < 4.78 is 5.21. The number of benzene rings is 2. The van der Waals surface area contributed by atoms with Gasteiger partial charge in [-0.15, -0.1) is 0 Å². The van der Waals surface area contributed by atoms with Crippen LogP contribution in [0, 0.1) is 0 Å². The lowest BCUT2D eigenvalue weighted by Gasteiger charge is -2.14. The Morgan fingerprint density at radius 2 is 1.70 bits per heavy atom. The first-order valence-corrected chi connectivity index (χ1v) is 7.18. The molecule has 0 aliphatic carbocycles. The first-order valence-electron chi connectivity index (χ1n) is 7.18. The summed E-state index contributed by atoms with van der Waals surface area (Å²) in [5, 5.41) is 0. The summed E-state index contributed by atoms with van der Waals surface area (Å²) in [6.07, 6.45) is 6.66. The van der Waals surface area contributed by atoms with Gasteiger partial charge in [0.2, 0.25) is 0 Å². The highest BCUT2D eigenvalue weighted by molar-refractivity contribution is 5.31. The quantitative estimate of drug-likeness (QED) is 0.669. The normalized spacial score (nSPS) is 12.5. The van der Waals surface area contributed by atoms with E-state index in [1.165, 1.54) is 11.1 Å². The Balaban J connectivity index is 2.17. The smallest absolute Gasteiger partial charge is 0.118 e. The fraction of sp³-hybridized carbons (Fsp3) is 0.263. The molecule has 20 heavy (non-hydrogen) atoms. The molecule has 0 amide bonds. The number of allylic oxidation sites excluding steroid dienone is 2. The van der Waals surface area contributed by atoms with Gasteiger partial charge in [-0.2, -0.15) is 0 Å². The van der Waals surface area contributed by atoms with Gasteiger partial charge in [0.05, 0.1) is 7.11 Å². The number of ether oxygens (including phenoxy) is 1. The zero-order valence-corrected chi connectivity index (χ0v) is 12.3. The van der Waals surface area contributed by atoms with Crippen LogP contribution in [0.4, 0.5) is 0 Å². The van der Waals surface area contributed by atoms with Crippen LogP contribution in [0.2, 0.25) is 0 Å². The molecular weight excluding hydrogens is 244 g/mol. The minimum Gasteiger partial charge on any atom is -0.497 e. The van der Waals surface area contributed by atoms with E-state index < -0.39 is 0 Å². The van der Waals surface area contributed by atoms with Crippen LogP contribution in [0.5, 0.6) is 5.75 Å². The van der Waals surface area contributed by atoms with Crippen molar-refractivity contribution in [1.82, 2.24) is 0 Å². The van der Waals surface area contributed by atoms with Crippen molar-refractivity contribution < 1.29 is 4.74 Å². The lowest BCUT2D eigenvalue weighted by Crippen LogP contribution is -2.00. The van der Waals surface area contributed by atoms with Gasteiger partial charge < -0.3 is 4.74 Å². The molecule has 1 atom stereocenters. The summed E-state index contributed by atoms with van der Waals surface area (Å²) in [5.41, 5.74) is 2.70. The van der Waals surface area contributed by atoms with Crippen molar-refractivity contribution in [3.05, 3.63) is 77.9 Å². The minimum absolute atomic E-state index is 0.435. The molecule has 104 valence electrons. The van der Waals surface area contributed by atoms with Crippen LogP contribution in [0.15, 0.2) is 66.7 Å². The second kappa shape index (κ2) is 7.54. The van der Waals surface area contributed by atoms with E-state index in [0.717, 1.165) is 18.6 Å². The molecule has 0 N–H and O–H groups in total. The molecule has 2 rings (SSSR count). The van der Waals surface area contributed by atoms with Gasteiger partial charge in [0.15, 0.2) is 0 Å². The predicted octanol–water partition coefficient (Wildman–Crippen LogP) is 4.99. The Morgan fingerprint density at radius 3 is 2.30 bits per heavy atom. The Labute approximate surface area is 121 Å². The van der Waals surface area contributed by atoms with Crippen molar-refractivity contribution in [2.24, 2.45) is 0 Å². The number of hydrogen-bond donors (Lipinski definition) is 0. The van der Waals surface area contributed by atoms with Crippen LogP contribution >= 0.6 is 0 Å². The standard InChI is InChI=1S/C19H22O/c1-3-4-8-18(17-9-6-5-7-10-17)15-16-11-13-19(20-2)14-12-16/h4-14,18H,3,15H2,1-2H3/b8-4+/t18-/m0/s1. The van der Waals surface area contributed by atoms with Crippen molar-refractivity contribution in [2.45, 2.75) is 25.7 Å². The highest BCUT2D eigenvalue weighted by Crippen LogP contribution is 2.23. The average Bonchev–Trinajstić information content (AvgIpc) is 2.53. The summed E-state index contributed by atoms with van der Waals surface area (Å²) in [6.45, 7) is 2.17. The largest absolute Gasteiger partial charge is 0.497 e. The van der Waals surface area contributed by atoms with E-state index >= 15 is 0 Å². The Morgan fingerprint density at radius 1 is 1.00 bits per heavy atom. The molecule has 0 aromatic heterocycles. The van der Waals surface area contributed by atoms with Crippen LogP contribution < -0.4 is 4.74 Å². The lowest BCUT2D eigenvalue weighted by molar-refractivity contribution is 0.414. The highest BCUT2D eigenvalue weighted by atomic mass is 16.5. The Hall–Kier alpha value is -2.02. The molecule has 0 spiro atoms. The first kappa shape index (κ1) is 14.4. The Kier molecular flexibility index (Phi) is 5.43. The summed E-state index contributed by atoms with van der Waals surface area (Å²) in [7, 11) is 1.70. The molecule has 0 radical (unpaired) electrons. The van der Waals surface area contributed by atoms with Crippen LogP contribution in [0.1, 0.15) is 30.4 Å². The third-order valence-corrected chi connectivity index (χ3v) is 3.45. The molecule has 0 saturated heterocycles. The predicted molar refractivity (Wildman–Crippen MR) is 85.3 cm³/mol. The molecule has 1 nitrogen and oxygen atoms in total. The van der Waals surface area contributed by atoms with Gasteiger partial charge in [-0.1, -0.05) is 61.5 Å². The van der Waals surface area contributed by atoms with Crippen molar-refractivity contribution in [3.8, 4) is 5.75 Å². The first-order chi connectivity index (χ1) is 9.83. The van der Waals surface area contributed by atoms with Gasteiger partial charge in [0, 0.05) is 5.92 Å². The van der Waals surface area contributed by atoms with Gasteiger partial charge in [-0.3, -0.25) is 0 Å². The summed E-state index contributed by atoms with van der Waals surface area (Å²) in [4.78, 5) is 0. The number of hydrogen-bond acceptors (Lipinski definition) is 1. The van der Waals surface area contributed by atoms with E-state index in [2.05, 4.69) is 61.5 Å². The van der Waals surface area contributed by atoms with E-state index in [-0.39, 0.29) is 0 Å². The van der Waals surface area contributed by atoms with E-state index in [0.29, 0.717) is 5.92 Å². The molecule has 2 aromatic carbocycles. The summed E-state index contributed by atoms with van der Waals surface area (Å²) in [6, 6.07) is 19.0. The SMILES string of the molecule is CC/C=C/[C@@H](Cc1ccc(OC)cc1)c1ccccc1. The second-order valence-electron chi connectivity index (χ2n) is 4.91. The number of rotatable bonds is 6. The van der Waals surface area contributed by atoms with Crippen molar-refractivity contribution >= 4 is 0 Å². The van der Waals surface area contributed by atoms with Gasteiger partial charge in [-0.05, 0) is 36.1 Å². The molecule has 0 aliphatic rings. The summed E-state index contributed by atoms with van der Waals surface area (Å²) >= 11 is 0. The van der Waals surface area contributed by atoms with Crippen LogP contribution in [0.3, 0.4) is 0 Å². The molecule has 0 saturated carbocycles. The minimum atomic E-state index is 0.435. The van der Waals surface area contributed by atoms with Gasteiger partial charge >= 0.3 is 0 Å². The zero-order chi connectivity index (χ0) is 14.2. The molecule has 0 fully saturated rings. The van der Waals surface area contributed by atoms with Crippen molar-refractivity contribution in [2.75, 3.05) is 7.11 Å². The van der Waals surface area contributed by atoms with Gasteiger partial charge in [0.25, 0.3) is 0 Å². The highest BCUT2D eigenvalue weighted by Gasteiger charge is 2.08. The average molecular weight is 266 g/mol. The molecule has 0 bridgehead atoms. The fourth-order valence-electron chi connectivity index (χ4n) is 2.31. The van der Waals surface area contributed by atoms with Crippen LogP contribution in [0.25, 0.3) is 0 Å². The van der Waals surface area contributed by atoms with E-state index in [1.807, 2.05) is 12.1 Å². The molecular formula is C19H22O. The second-order valence-corrected chi connectivity index (χ2v) is 4.91. The molecule has 0 heterocycles. The monoisotopic (exact) mass is 266 g/mol. The maximum absolute atomic E-state index is 5.21. The van der Waals surface area contributed by atoms with E-state index in [4.69, 9.17) is 4.74 Å². The van der Waals surface area contributed by atoms with E-state index in [9.17, 15) is 0 Å². The zero-order valence-electron chi connectivity index (χ0n) is 12.3. The molecule has 1 heteroatoms. The third kappa shape index (κ3) is 3.99. The fourth-order valence-corrected chi connectivity index (χ4v) is 2.31. The van der Waals surface area contributed by atoms with Crippen molar-refractivity contribution in [1.29, 1.82) is 0 Å². The number of methoxy groups -OCH3 is 1. The maximum atomic E-state index is 5.21. The Bertz CT molecular complexity index is 525.